The summed E-state index contributed by atoms with van der Waals surface area (Å²) < 4.78 is 18.2. The van der Waals surface area contributed by atoms with Gasteiger partial charge in [-0.05, 0) is 24.3 Å². The van der Waals surface area contributed by atoms with E-state index in [2.05, 4.69) is 15.2 Å². The Kier molecular flexibility index (Phi) is 4.31. The molecule has 0 bridgehead atoms. The maximum absolute atomic E-state index is 12.8. The van der Waals surface area contributed by atoms with E-state index in [1.807, 2.05) is 0 Å². The fourth-order valence-corrected chi connectivity index (χ4v) is 1.85. The van der Waals surface area contributed by atoms with Crippen LogP contribution in [0.3, 0.4) is 0 Å². The molecule has 0 amide bonds. The van der Waals surface area contributed by atoms with Crippen molar-refractivity contribution in [2.75, 3.05) is 0 Å². The predicted octanol–water partition coefficient (Wildman–Crippen LogP) is 1.32. The zero-order valence-electron chi connectivity index (χ0n) is 10.2. The molecule has 0 saturated heterocycles. The number of guanidine groups is 1. The van der Waals surface area contributed by atoms with Crippen LogP contribution in [0.2, 0.25) is 0 Å². The number of amidine groups is 1. The molecule has 0 unspecified atom stereocenters. The summed E-state index contributed by atoms with van der Waals surface area (Å²) in [5.74, 6) is 0.359. The minimum absolute atomic E-state index is 0.0495. The van der Waals surface area contributed by atoms with Crippen LogP contribution >= 0.6 is 11.8 Å². The summed E-state index contributed by atoms with van der Waals surface area (Å²) in [6.07, 6.45) is 0. The highest BCUT2D eigenvalue weighted by Crippen LogP contribution is 2.20. The Morgan fingerprint density at radius 2 is 2.00 bits per heavy atom. The van der Waals surface area contributed by atoms with Crippen molar-refractivity contribution in [3.8, 4) is 11.5 Å². The summed E-state index contributed by atoms with van der Waals surface area (Å²) in [4.78, 5) is 3.55. The number of aliphatic imine (C=N–C) groups is 1. The molecule has 0 saturated carbocycles. The predicted molar refractivity (Wildman–Crippen MR) is 74.5 cm³/mol. The van der Waals surface area contributed by atoms with Crippen LogP contribution in [0, 0.1) is 11.2 Å². The molecule has 1 aromatic heterocycles. The van der Waals surface area contributed by atoms with Gasteiger partial charge >= 0.3 is 0 Å². The SMILES string of the molecule is N=C(N=C(N)N)SCc1nnc(-c2ccc(F)cc2)o1. The molecular weight excluding hydrogens is 283 g/mol. The normalized spacial score (nSPS) is 10.2. The van der Waals surface area contributed by atoms with E-state index in [1.165, 1.54) is 12.1 Å². The zero-order chi connectivity index (χ0) is 14.5. The largest absolute Gasteiger partial charge is 0.420 e. The van der Waals surface area contributed by atoms with E-state index < -0.39 is 0 Å². The van der Waals surface area contributed by atoms with Crippen molar-refractivity contribution in [3.63, 3.8) is 0 Å². The van der Waals surface area contributed by atoms with Crippen LogP contribution in [0.4, 0.5) is 4.39 Å². The van der Waals surface area contributed by atoms with Gasteiger partial charge in [0.15, 0.2) is 11.1 Å². The maximum Gasteiger partial charge on any atom is 0.247 e. The molecule has 1 aromatic carbocycles. The van der Waals surface area contributed by atoms with Crippen LogP contribution in [0.25, 0.3) is 11.5 Å². The van der Waals surface area contributed by atoms with Gasteiger partial charge in [0.2, 0.25) is 11.8 Å². The van der Waals surface area contributed by atoms with Crippen molar-refractivity contribution >= 4 is 22.9 Å². The van der Waals surface area contributed by atoms with Gasteiger partial charge < -0.3 is 15.9 Å². The number of nitrogens with two attached hydrogens (primary N) is 2. The molecule has 20 heavy (non-hydrogen) atoms. The highest BCUT2D eigenvalue weighted by atomic mass is 32.2. The van der Waals surface area contributed by atoms with Gasteiger partial charge in [0.25, 0.3) is 0 Å². The van der Waals surface area contributed by atoms with Gasteiger partial charge in [-0.15, -0.1) is 10.2 Å². The summed E-state index contributed by atoms with van der Waals surface area (Å²) in [6.45, 7) is 0. The highest BCUT2D eigenvalue weighted by Gasteiger charge is 2.09. The first kappa shape index (κ1) is 14.0. The Morgan fingerprint density at radius 1 is 1.30 bits per heavy atom. The third kappa shape index (κ3) is 3.79. The minimum Gasteiger partial charge on any atom is -0.420 e. The average Bonchev–Trinajstić information content (AvgIpc) is 2.85. The lowest BCUT2D eigenvalue weighted by Gasteiger charge is -1.96. The maximum atomic E-state index is 12.8. The lowest BCUT2D eigenvalue weighted by atomic mass is 10.2. The second kappa shape index (κ2) is 6.15. The number of nitrogens with one attached hydrogen (secondary N) is 1. The second-order valence-corrected chi connectivity index (χ2v) is 4.60. The fraction of sp³-hybridized carbons (Fsp3) is 0.0909. The number of benzene rings is 1. The number of hydrogen-bond donors (Lipinski definition) is 3. The van der Waals surface area contributed by atoms with Gasteiger partial charge in [-0.3, -0.25) is 5.41 Å². The molecular formula is C11H11FN6OS. The summed E-state index contributed by atoms with van der Waals surface area (Å²) in [5.41, 5.74) is 10.9. The lowest BCUT2D eigenvalue weighted by Crippen LogP contribution is -2.23. The summed E-state index contributed by atoms with van der Waals surface area (Å²) in [6, 6.07) is 5.70. The fourth-order valence-electron chi connectivity index (χ4n) is 1.30. The van der Waals surface area contributed by atoms with Gasteiger partial charge in [0.1, 0.15) is 5.82 Å². The quantitative estimate of drug-likeness (QED) is 0.578. The Bertz CT molecular complexity index is 635. The molecule has 0 aliphatic rings. The number of aromatic nitrogens is 2. The Labute approximate surface area is 117 Å². The monoisotopic (exact) mass is 294 g/mol. The zero-order valence-corrected chi connectivity index (χ0v) is 11.0. The number of hydrogen-bond acceptors (Lipinski definition) is 5. The standard InChI is InChI=1S/C11H11FN6OS/c12-7-3-1-6(2-4-7)9-18-17-8(19-9)5-20-11(15)16-10(13)14/h1-4H,5H2,(H5,13,14,15,16). The van der Waals surface area contributed by atoms with Gasteiger partial charge in [0, 0.05) is 5.56 Å². The molecule has 0 aliphatic heterocycles. The van der Waals surface area contributed by atoms with Gasteiger partial charge in [0.05, 0.1) is 5.75 Å². The third-order valence-corrected chi connectivity index (χ3v) is 2.88. The van der Waals surface area contributed by atoms with E-state index in [9.17, 15) is 4.39 Å². The van der Waals surface area contributed by atoms with E-state index in [4.69, 9.17) is 21.3 Å². The molecule has 0 spiro atoms. The first-order chi connectivity index (χ1) is 9.54. The van der Waals surface area contributed by atoms with Gasteiger partial charge in [-0.2, -0.15) is 4.99 Å². The van der Waals surface area contributed by atoms with Crippen molar-refractivity contribution in [1.29, 1.82) is 5.41 Å². The van der Waals surface area contributed by atoms with Crippen LogP contribution in [0.1, 0.15) is 5.89 Å². The van der Waals surface area contributed by atoms with Crippen LogP contribution in [-0.2, 0) is 5.75 Å². The van der Waals surface area contributed by atoms with E-state index in [-0.39, 0.29) is 28.6 Å². The van der Waals surface area contributed by atoms with Crippen molar-refractivity contribution in [3.05, 3.63) is 36.0 Å². The van der Waals surface area contributed by atoms with Crippen LogP contribution in [-0.4, -0.2) is 21.3 Å². The summed E-state index contributed by atoms with van der Waals surface area (Å²) >= 11 is 1.05. The van der Waals surface area contributed by atoms with Crippen molar-refractivity contribution < 1.29 is 8.81 Å². The summed E-state index contributed by atoms with van der Waals surface area (Å²) in [7, 11) is 0. The van der Waals surface area contributed by atoms with Crippen molar-refractivity contribution in [2.45, 2.75) is 5.75 Å². The molecule has 5 N–H and O–H groups in total. The molecule has 1 heterocycles. The van der Waals surface area contributed by atoms with E-state index in [0.717, 1.165) is 11.8 Å². The molecule has 9 heteroatoms. The number of halogens is 1. The minimum atomic E-state index is -0.338. The molecule has 2 aromatic rings. The number of nitrogens with zero attached hydrogens (tertiary/aromatic N) is 3. The van der Waals surface area contributed by atoms with Crippen molar-refractivity contribution in [1.82, 2.24) is 10.2 Å². The van der Waals surface area contributed by atoms with Gasteiger partial charge in [-0.25, -0.2) is 4.39 Å². The van der Waals surface area contributed by atoms with E-state index >= 15 is 0 Å². The molecule has 7 nitrogen and oxygen atoms in total. The topological polar surface area (TPSA) is 127 Å². The second-order valence-electron chi connectivity index (χ2n) is 3.64. The van der Waals surface area contributed by atoms with Crippen molar-refractivity contribution in [2.24, 2.45) is 16.5 Å². The van der Waals surface area contributed by atoms with Crippen LogP contribution in [0.15, 0.2) is 33.7 Å². The van der Waals surface area contributed by atoms with E-state index in [1.54, 1.807) is 12.1 Å². The highest BCUT2D eigenvalue weighted by molar-refractivity contribution is 8.13. The number of thioether (sulfide) groups is 1. The number of rotatable bonds is 3. The summed E-state index contributed by atoms with van der Waals surface area (Å²) in [5, 5.41) is 15.1. The Hall–Kier alpha value is -2.42. The first-order valence-corrected chi connectivity index (χ1v) is 6.42. The smallest absolute Gasteiger partial charge is 0.247 e. The Morgan fingerprint density at radius 3 is 2.65 bits per heavy atom. The molecule has 104 valence electrons. The van der Waals surface area contributed by atoms with Gasteiger partial charge in [-0.1, -0.05) is 11.8 Å². The Balaban J connectivity index is 2.01. The molecule has 2 rings (SSSR count). The van der Waals surface area contributed by atoms with Crippen LogP contribution < -0.4 is 11.5 Å². The molecule has 0 fully saturated rings. The molecule has 0 atom stereocenters. The lowest BCUT2D eigenvalue weighted by molar-refractivity contribution is 0.528. The third-order valence-electron chi connectivity index (χ3n) is 2.12. The van der Waals surface area contributed by atoms with Crippen LogP contribution in [0.5, 0.6) is 0 Å². The first-order valence-electron chi connectivity index (χ1n) is 5.44. The van der Waals surface area contributed by atoms with E-state index in [0.29, 0.717) is 11.5 Å². The molecule has 0 aliphatic carbocycles. The average molecular weight is 294 g/mol. The molecule has 0 radical (unpaired) electrons.